The number of rotatable bonds is 8. The van der Waals surface area contributed by atoms with E-state index in [1.165, 1.54) is 0 Å². The zero-order valence-corrected chi connectivity index (χ0v) is 10.7. The number of carbonyl (C=O) groups is 1. The SMILES string of the molecule is CC(C)CCOCCC(C)(C(=O)O)C1CC1. The van der Waals surface area contributed by atoms with Crippen molar-refractivity contribution in [1.29, 1.82) is 0 Å². The van der Waals surface area contributed by atoms with Gasteiger partial charge in [-0.05, 0) is 44.4 Å². The minimum Gasteiger partial charge on any atom is -0.481 e. The molecule has 1 N–H and O–H groups in total. The first kappa shape index (κ1) is 13.5. The Bertz CT molecular complexity index is 233. The van der Waals surface area contributed by atoms with Gasteiger partial charge in [0.1, 0.15) is 0 Å². The Kier molecular flexibility index (Phi) is 4.78. The van der Waals surface area contributed by atoms with Crippen molar-refractivity contribution in [3.63, 3.8) is 0 Å². The van der Waals surface area contributed by atoms with E-state index in [9.17, 15) is 9.90 Å². The Morgan fingerprint density at radius 1 is 1.44 bits per heavy atom. The summed E-state index contributed by atoms with van der Waals surface area (Å²) in [5, 5.41) is 9.23. The van der Waals surface area contributed by atoms with Gasteiger partial charge >= 0.3 is 5.97 Å². The van der Waals surface area contributed by atoms with E-state index < -0.39 is 11.4 Å². The largest absolute Gasteiger partial charge is 0.481 e. The highest BCUT2D eigenvalue weighted by Gasteiger charge is 2.46. The normalized spacial score (nSPS) is 19.8. The molecule has 1 aliphatic rings. The standard InChI is InChI=1S/C13H24O3/c1-10(2)6-8-16-9-7-13(3,12(14)15)11-4-5-11/h10-11H,4-9H2,1-3H3,(H,14,15). The first-order valence-corrected chi connectivity index (χ1v) is 6.28. The lowest BCUT2D eigenvalue weighted by molar-refractivity contribution is -0.150. The van der Waals surface area contributed by atoms with Crippen LogP contribution in [0.3, 0.4) is 0 Å². The van der Waals surface area contributed by atoms with Crippen LogP contribution in [0, 0.1) is 17.3 Å². The van der Waals surface area contributed by atoms with Crippen LogP contribution >= 0.6 is 0 Å². The van der Waals surface area contributed by atoms with Crippen LogP contribution in [0.4, 0.5) is 0 Å². The first-order valence-electron chi connectivity index (χ1n) is 6.28. The minimum atomic E-state index is -0.664. The summed E-state index contributed by atoms with van der Waals surface area (Å²) in [5.74, 6) is 0.357. The summed E-state index contributed by atoms with van der Waals surface area (Å²) in [7, 11) is 0. The van der Waals surface area contributed by atoms with Crippen molar-refractivity contribution in [3.8, 4) is 0 Å². The highest BCUT2D eigenvalue weighted by atomic mass is 16.5. The molecule has 0 aromatic carbocycles. The molecule has 0 heterocycles. The van der Waals surface area contributed by atoms with Gasteiger partial charge in [0.15, 0.2) is 0 Å². The van der Waals surface area contributed by atoms with Gasteiger partial charge in [0, 0.05) is 13.2 Å². The Morgan fingerprint density at radius 2 is 2.06 bits per heavy atom. The third-order valence-electron chi connectivity index (χ3n) is 3.57. The maximum Gasteiger partial charge on any atom is 0.309 e. The van der Waals surface area contributed by atoms with Crippen LogP contribution in [-0.2, 0) is 9.53 Å². The van der Waals surface area contributed by atoms with Gasteiger partial charge in [-0.15, -0.1) is 0 Å². The average Bonchev–Trinajstić information content (AvgIpc) is 2.99. The summed E-state index contributed by atoms with van der Waals surface area (Å²) in [6.45, 7) is 7.51. The van der Waals surface area contributed by atoms with Gasteiger partial charge < -0.3 is 9.84 Å². The maximum atomic E-state index is 11.2. The van der Waals surface area contributed by atoms with Gasteiger partial charge in [-0.25, -0.2) is 0 Å². The Hall–Kier alpha value is -0.570. The zero-order valence-electron chi connectivity index (χ0n) is 10.7. The molecule has 94 valence electrons. The monoisotopic (exact) mass is 228 g/mol. The van der Waals surface area contributed by atoms with E-state index in [1.54, 1.807) is 0 Å². The smallest absolute Gasteiger partial charge is 0.309 e. The second kappa shape index (κ2) is 5.67. The number of hydrogen-bond donors (Lipinski definition) is 1. The van der Waals surface area contributed by atoms with E-state index in [1.807, 2.05) is 6.92 Å². The molecular weight excluding hydrogens is 204 g/mol. The summed E-state index contributed by atoms with van der Waals surface area (Å²) in [6, 6.07) is 0. The predicted molar refractivity (Wildman–Crippen MR) is 63.4 cm³/mol. The number of carboxylic acids is 1. The third kappa shape index (κ3) is 3.78. The molecule has 0 bridgehead atoms. The van der Waals surface area contributed by atoms with E-state index in [-0.39, 0.29) is 0 Å². The predicted octanol–water partition coefficient (Wildman–Crippen LogP) is 2.94. The quantitative estimate of drug-likeness (QED) is 0.650. The average molecular weight is 228 g/mol. The van der Waals surface area contributed by atoms with Crippen LogP contribution in [-0.4, -0.2) is 24.3 Å². The van der Waals surface area contributed by atoms with Crippen molar-refractivity contribution in [2.24, 2.45) is 17.3 Å². The number of ether oxygens (including phenoxy) is 1. The van der Waals surface area contributed by atoms with E-state index in [2.05, 4.69) is 13.8 Å². The lowest BCUT2D eigenvalue weighted by atomic mass is 9.82. The van der Waals surface area contributed by atoms with E-state index in [4.69, 9.17) is 4.74 Å². The van der Waals surface area contributed by atoms with Crippen LogP contribution in [0.1, 0.15) is 46.5 Å². The van der Waals surface area contributed by atoms with Crippen molar-refractivity contribution in [1.82, 2.24) is 0 Å². The molecule has 0 radical (unpaired) electrons. The molecule has 0 spiro atoms. The maximum absolute atomic E-state index is 11.2. The molecule has 0 amide bonds. The highest BCUT2D eigenvalue weighted by Crippen LogP contribution is 2.47. The molecule has 3 heteroatoms. The van der Waals surface area contributed by atoms with Crippen LogP contribution < -0.4 is 0 Å². The minimum absolute atomic E-state index is 0.374. The summed E-state index contributed by atoms with van der Waals surface area (Å²) in [4.78, 5) is 11.2. The van der Waals surface area contributed by atoms with Crippen LogP contribution in [0.5, 0.6) is 0 Å². The highest BCUT2D eigenvalue weighted by molar-refractivity contribution is 5.75. The number of carboxylic acid groups (broad SMARTS) is 1. The van der Waals surface area contributed by atoms with Crippen molar-refractivity contribution in [3.05, 3.63) is 0 Å². The van der Waals surface area contributed by atoms with Crippen molar-refractivity contribution < 1.29 is 14.6 Å². The van der Waals surface area contributed by atoms with Crippen LogP contribution in [0.15, 0.2) is 0 Å². The van der Waals surface area contributed by atoms with Gasteiger partial charge in [0.05, 0.1) is 5.41 Å². The molecule has 1 rings (SSSR count). The van der Waals surface area contributed by atoms with E-state index >= 15 is 0 Å². The summed E-state index contributed by atoms with van der Waals surface area (Å²) in [5.41, 5.74) is -0.558. The molecule has 0 aliphatic heterocycles. The van der Waals surface area contributed by atoms with Crippen molar-refractivity contribution in [2.45, 2.75) is 46.5 Å². The van der Waals surface area contributed by atoms with Crippen LogP contribution in [0.2, 0.25) is 0 Å². The van der Waals surface area contributed by atoms with E-state index in [0.29, 0.717) is 24.9 Å². The molecule has 1 fully saturated rings. The number of aliphatic carboxylic acids is 1. The van der Waals surface area contributed by atoms with Crippen molar-refractivity contribution >= 4 is 5.97 Å². The molecule has 1 atom stereocenters. The molecule has 1 unspecified atom stereocenters. The fourth-order valence-corrected chi connectivity index (χ4v) is 1.91. The van der Waals surface area contributed by atoms with Gasteiger partial charge in [-0.1, -0.05) is 13.8 Å². The molecule has 1 aliphatic carbocycles. The summed E-state index contributed by atoms with van der Waals surface area (Å²) >= 11 is 0. The molecule has 0 saturated heterocycles. The van der Waals surface area contributed by atoms with Gasteiger partial charge in [0.25, 0.3) is 0 Å². The van der Waals surface area contributed by atoms with Crippen LogP contribution in [0.25, 0.3) is 0 Å². The second-order valence-electron chi connectivity index (χ2n) is 5.54. The Balaban J connectivity index is 2.21. The zero-order chi connectivity index (χ0) is 12.2. The van der Waals surface area contributed by atoms with Gasteiger partial charge in [0.2, 0.25) is 0 Å². The molecule has 16 heavy (non-hydrogen) atoms. The molecule has 1 saturated carbocycles. The molecule has 0 aromatic heterocycles. The third-order valence-corrected chi connectivity index (χ3v) is 3.57. The molecule has 0 aromatic rings. The summed E-state index contributed by atoms with van der Waals surface area (Å²) in [6.07, 6.45) is 3.82. The molecule has 3 nitrogen and oxygen atoms in total. The lowest BCUT2D eigenvalue weighted by Gasteiger charge is -2.24. The molecular formula is C13H24O3. The van der Waals surface area contributed by atoms with Gasteiger partial charge in [-0.2, -0.15) is 0 Å². The Morgan fingerprint density at radius 3 is 2.50 bits per heavy atom. The Labute approximate surface area is 98.2 Å². The second-order valence-corrected chi connectivity index (χ2v) is 5.54. The topological polar surface area (TPSA) is 46.5 Å². The number of hydrogen-bond acceptors (Lipinski definition) is 2. The lowest BCUT2D eigenvalue weighted by Crippen LogP contribution is -2.31. The van der Waals surface area contributed by atoms with Crippen molar-refractivity contribution in [2.75, 3.05) is 13.2 Å². The van der Waals surface area contributed by atoms with E-state index in [0.717, 1.165) is 25.9 Å². The fraction of sp³-hybridized carbons (Fsp3) is 0.923. The summed E-state index contributed by atoms with van der Waals surface area (Å²) < 4.78 is 5.50. The van der Waals surface area contributed by atoms with Gasteiger partial charge in [-0.3, -0.25) is 4.79 Å². The fourth-order valence-electron chi connectivity index (χ4n) is 1.91. The first-order chi connectivity index (χ1) is 7.47.